The fourth-order valence-electron chi connectivity index (χ4n) is 3.44. The van der Waals surface area contributed by atoms with E-state index in [1.165, 1.54) is 7.11 Å². The van der Waals surface area contributed by atoms with E-state index < -0.39 is 0 Å². The van der Waals surface area contributed by atoms with E-state index in [9.17, 15) is 4.79 Å². The molecule has 0 aromatic heterocycles. The van der Waals surface area contributed by atoms with Gasteiger partial charge in [-0.3, -0.25) is 4.79 Å². The van der Waals surface area contributed by atoms with E-state index >= 15 is 0 Å². The smallest absolute Gasteiger partial charge is 0.220 e. The zero-order valence-corrected chi connectivity index (χ0v) is 15.0. The first-order chi connectivity index (χ1) is 12.1. The minimum atomic E-state index is -0.119. The first-order valence-corrected chi connectivity index (χ1v) is 8.18. The van der Waals surface area contributed by atoms with Gasteiger partial charge in [-0.15, -0.1) is 0 Å². The molecule has 0 radical (unpaired) electrons. The van der Waals surface area contributed by atoms with Crippen LogP contribution in [-0.4, -0.2) is 28.4 Å². The highest BCUT2D eigenvalue weighted by molar-refractivity contribution is 5.82. The quantitative estimate of drug-likeness (QED) is 0.854. The normalized spacial score (nSPS) is 12.5. The Hall–Kier alpha value is -2.69. The van der Waals surface area contributed by atoms with Crippen LogP contribution in [0.5, 0.6) is 23.0 Å². The molecular weight excluding hydrogens is 320 g/mol. The van der Waals surface area contributed by atoms with Crippen LogP contribution in [0, 0.1) is 0 Å². The van der Waals surface area contributed by atoms with E-state index in [0.29, 0.717) is 23.0 Å². The van der Waals surface area contributed by atoms with Crippen LogP contribution in [0.2, 0.25) is 0 Å². The van der Waals surface area contributed by atoms with Gasteiger partial charge in [0.05, 0.1) is 28.4 Å². The molecule has 0 atom stereocenters. The number of ether oxygens (including phenoxy) is 4. The zero-order chi connectivity index (χ0) is 18.0. The van der Waals surface area contributed by atoms with E-state index in [-0.39, 0.29) is 5.43 Å². The van der Waals surface area contributed by atoms with Crippen molar-refractivity contribution < 1.29 is 18.9 Å². The van der Waals surface area contributed by atoms with Crippen LogP contribution in [0.3, 0.4) is 0 Å². The van der Waals surface area contributed by atoms with Crippen molar-refractivity contribution in [1.82, 2.24) is 0 Å². The Balaban J connectivity index is 2.39. The lowest BCUT2D eigenvalue weighted by molar-refractivity contribution is 0.324. The zero-order valence-electron chi connectivity index (χ0n) is 15.0. The number of benzene rings is 1. The van der Waals surface area contributed by atoms with Crippen LogP contribution < -0.4 is 24.4 Å². The highest BCUT2D eigenvalue weighted by Crippen LogP contribution is 2.48. The summed E-state index contributed by atoms with van der Waals surface area (Å²) in [6.45, 7) is 0. The topological polar surface area (TPSA) is 54.0 Å². The number of fused-ring (bicyclic) bond motifs is 3. The predicted octanol–water partition coefficient (Wildman–Crippen LogP) is 3.24. The molecule has 2 aromatic carbocycles. The van der Waals surface area contributed by atoms with E-state index in [4.69, 9.17) is 18.9 Å². The molecule has 0 N–H and O–H groups in total. The van der Waals surface area contributed by atoms with Gasteiger partial charge in [0.2, 0.25) is 11.2 Å². The second kappa shape index (κ2) is 7.05. The van der Waals surface area contributed by atoms with E-state index in [1.54, 1.807) is 33.5 Å². The summed E-state index contributed by atoms with van der Waals surface area (Å²) >= 11 is 0. The van der Waals surface area contributed by atoms with E-state index in [2.05, 4.69) is 0 Å². The van der Waals surface area contributed by atoms with Crippen molar-refractivity contribution in [3.8, 4) is 34.1 Å². The Morgan fingerprint density at radius 2 is 1.44 bits per heavy atom. The molecule has 0 unspecified atom stereocenters. The Labute approximate surface area is 147 Å². The molecule has 0 saturated heterocycles. The van der Waals surface area contributed by atoms with Gasteiger partial charge in [0, 0.05) is 5.56 Å². The molecule has 1 aliphatic carbocycles. The van der Waals surface area contributed by atoms with Crippen molar-refractivity contribution in [1.29, 1.82) is 0 Å². The fraction of sp³-hybridized carbons (Fsp3) is 0.350. The van der Waals surface area contributed by atoms with Crippen LogP contribution in [0.4, 0.5) is 0 Å². The third kappa shape index (κ3) is 2.90. The summed E-state index contributed by atoms with van der Waals surface area (Å²) in [5.74, 6) is 2.15. The molecule has 0 fully saturated rings. The second-order valence-electron chi connectivity index (χ2n) is 5.88. The van der Waals surface area contributed by atoms with Crippen molar-refractivity contribution in [2.24, 2.45) is 0 Å². The van der Waals surface area contributed by atoms with Crippen molar-refractivity contribution in [2.75, 3.05) is 28.4 Å². The third-order valence-electron chi connectivity index (χ3n) is 4.59. The predicted molar refractivity (Wildman–Crippen MR) is 96.4 cm³/mol. The number of methoxy groups -OCH3 is 4. The standard InChI is InChI=1S/C20H22O5/c1-22-16-9-8-14-12(10-15(16)21)6-5-7-13-11-17(23-2)19(24-3)20(25-4)18(13)14/h8-11H,5-7H2,1-4H3. The third-order valence-corrected chi connectivity index (χ3v) is 4.59. The average Bonchev–Trinajstić information content (AvgIpc) is 2.88. The molecule has 0 amide bonds. The summed E-state index contributed by atoms with van der Waals surface area (Å²) in [5.41, 5.74) is 3.89. The summed E-state index contributed by atoms with van der Waals surface area (Å²) in [4.78, 5) is 12.3. The molecule has 1 aliphatic rings. The molecule has 3 rings (SSSR count). The second-order valence-corrected chi connectivity index (χ2v) is 5.88. The number of hydrogen-bond acceptors (Lipinski definition) is 5. The van der Waals surface area contributed by atoms with Gasteiger partial charge in [0.25, 0.3) is 0 Å². The van der Waals surface area contributed by atoms with Gasteiger partial charge in [0.15, 0.2) is 17.2 Å². The van der Waals surface area contributed by atoms with Crippen molar-refractivity contribution in [3.63, 3.8) is 0 Å². The lowest BCUT2D eigenvalue weighted by Gasteiger charge is -2.19. The Morgan fingerprint density at radius 3 is 2.08 bits per heavy atom. The van der Waals surface area contributed by atoms with E-state index in [1.807, 2.05) is 12.1 Å². The highest BCUT2D eigenvalue weighted by atomic mass is 16.5. The SMILES string of the molecule is COc1cc2c(c(OC)c1OC)-c1ccc(OC)c(=O)cc1CCC2. The molecule has 0 bridgehead atoms. The van der Waals surface area contributed by atoms with Crippen molar-refractivity contribution >= 4 is 0 Å². The maximum Gasteiger partial charge on any atom is 0.220 e. The average molecular weight is 342 g/mol. The first-order valence-electron chi connectivity index (χ1n) is 8.18. The minimum Gasteiger partial charge on any atom is -0.493 e. The van der Waals surface area contributed by atoms with Gasteiger partial charge < -0.3 is 18.9 Å². The van der Waals surface area contributed by atoms with Crippen LogP contribution in [0.25, 0.3) is 11.1 Å². The lowest BCUT2D eigenvalue weighted by Crippen LogP contribution is -2.01. The van der Waals surface area contributed by atoms with Crippen LogP contribution in [0.1, 0.15) is 17.5 Å². The summed E-state index contributed by atoms with van der Waals surface area (Å²) < 4.78 is 21.9. The highest BCUT2D eigenvalue weighted by Gasteiger charge is 2.25. The molecule has 5 heteroatoms. The van der Waals surface area contributed by atoms with Crippen molar-refractivity contribution in [2.45, 2.75) is 19.3 Å². The molecule has 0 heterocycles. The number of aryl methyl sites for hydroxylation is 2. The minimum absolute atomic E-state index is 0.119. The lowest BCUT2D eigenvalue weighted by atomic mass is 9.96. The summed E-state index contributed by atoms with van der Waals surface area (Å²) in [6.07, 6.45) is 2.62. The van der Waals surface area contributed by atoms with Crippen molar-refractivity contribution in [3.05, 3.63) is 45.6 Å². The summed E-state index contributed by atoms with van der Waals surface area (Å²) in [7, 11) is 6.33. The molecule has 0 spiro atoms. The number of hydrogen-bond donors (Lipinski definition) is 0. The van der Waals surface area contributed by atoms with Gasteiger partial charge in [-0.25, -0.2) is 0 Å². The monoisotopic (exact) mass is 342 g/mol. The molecule has 0 saturated carbocycles. The van der Waals surface area contributed by atoms with Gasteiger partial charge >= 0.3 is 0 Å². The Bertz CT molecular complexity index is 858. The molecular formula is C20H22O5. The molecule has 5 nitrogen and oxygen atoms in total. The summed E-state index contributed by atoms with van der Waals surface area (Å²) in [5, 5.41) is 0. The van der Waals surface area contributed by atoms with Gasteiger partial charge in [0.1, 0.15) is 0 Å². The Morgan fingerprint density at radius 1 is 0.760 bits per heavy atom. The van der Waals surface area contributed by atoms with Gasteiger partial charge in [-0.2, -0.15) is 0 Å². The first kappa shape index (κ1) is 17.1. The van der Waals surface area contributed by atoms with Crippen LogP contribution >= 0.6 is 0 Å². The summed E-state index contributed by atoms with van der Waals surface area (Å²) in [6, 6.07) is 7.30. The van der Waals surface area contributed by atoms with Gasteiger partial charge in [-0.05, 0) is 54.2 Å². The molecule has 25 heavy (non-hydrogen) atoms. The van der Waals surface area contributed by atoms with Crippen LogP contribution in [-0.2, 0) is 12.8 Å². The fourth-order valence-corrected chi connectivity index (χ4v) is 3.44. The van der Waals surface area contributed by atoms with Gasteiger partial charge in [-0.1, -0.05) is 6.07 Å². The van der Waals surface area contributed by atoms with E-state index in [0.717, 1.165) is 41.5 Å². The molecule has 132 valence electrons. The molecule has 2 aromatic rings. The largest absolute Gasteiger partial charge is 0.493 e. The maximum atomic E-state index is 12.3. The Kier molecular flexibility index (Phi) is 4.83. The van der Waals surface area contributed by atoms with Crippen LogP contribution in [0.15, 0.2) is 29.1 Å². The molecule has 0 aliphatic heterocycles. The maximum absolute atomic E-state index is 12.3. The number of rotatable bonds is 4.